The first-order valence-electron chi connectivity index (χ1n) is 5.92. The van der Waals surface area contributed by atoms with E-state index in [1.165, 1.54) is 12.3 Å². The summed E-state index contributed by atoms with van der Waals surface area (Å²) in [6.45, 7) is 2.02. The van der Waals surface area contributed by atoms with Gasteiger partial charge < -0.3 is 5.32 Å². The van der Waals surface area contributed by atoms with E-state index >= 15 is 0 Å². The van der Waals surface area contributed by atoms with Crippen LogP contribution in [0, 0.1) is 5.82 Å². The molecule has 0 aliphatic carbocycles. The average molecular weight is 299 g/mol. The summed E-state index contributed by atoms with van der Waals surface area (Å²) in [4.78, 5) is 4.09. The number of hydrogen-bond donors (Lipinski definition) is 1. The van der Waals surface area contributed by atoms with Gasteiger partial charge in [-0.05, 0) is 36.8 Å². The Kier molecular flexibility index (Phi) is 4.61. The average Bonchev–Trinajstić information content (AvgIpc) is 2.36. The predicted octanol–water partition coefficient (Wildman–Crippen LogP) is 5.09. The third-order valence-corrected chi connectivity index (χ3v) is 3.16. The van der Waals surface area contributed by atoms with E-state index in [9.17, 15) is 4.39 Å². The van der Waals surface area contributed by atoms with E-state index < -0.39 is 0 Å². The molecule has 5 heteroatoms. The van der Waals surface area contributed by atoms with Crippen molar-refractivity contribution in [2.24, 2.45) is 0 Å². The summed E-state index contributed by atoms with van der Waals surface area (Å²) >= 11 is 11.9. The second kappa shape index (κ2) is 6.22. The van der Waals surface area contributed by atoms with Gasteiger partial charge in [-0.2, -0.15) is 0 Å². The molecule has 19 heavy (non-hydrogen) atoms. The van der Waals surface area contributed by atoms with Crippen LogP contribution in [-0.4, -0.2) is 4.98 Å². The van der Waals surface area contributed by atoms with Crippen molar-refractivity contribution in [3.8, 4) is 0 Å². The van der Waals surface area contributed by atoms with Gasteiger partial charge in [0.05, 0.1) is 17.9 Å². The van der Waals surface area contributed by atoms with Gasteiger partial charge in [-0.25, -0.2) is 4.39 Å². The lowest BCUT2D eigenvalue weighted by atomic mass is 10.1. The zero-order valence-corrected chi connectivity index (χ0v) is 11.8. The summed E-state index contributed by atoms with van der Waals surface area (Å²) in [7, 11) is 0. The molecule has 0 fully saturated rings. The number of rotatable bonds is 4. The number of hydrogen-bond acceptors (Lipinski definition) is 2. The summed E-state index contributed by atoms with van der Waals surface area (Å²) in [6.07, 6.45) is 2.02. The van der Waals surface area contributed by atoms with Crippen LogP contribution in [0.5, 0.6) is 0 Å². The molecule has 1 N–H and O–H groups in total. The summed E-state index contributed by atoms with van der Waals surface area (Å²) in [6, 6.07) is 8.31. The van der Waals surface area contributed by atoms with Gasteiger partial charge in [-0.3, -0.25) is 4.98 Å². The zero-order valence-electron chi connectivity index (χ0n) is 10.3. The van der Waals surface area contributed by atoms with Crippen LogP contribution in [0.15, 0.2) is 36.5 Å². The van der Waals surface area contributed by atoms with E-state index in [1.54, 1.807) is 24.3 Å². The van der Waals surface area contributed by atoms with Crippen molar-refractivity contribution in [2.75, 3.05) is 5.32 Å². The monoisotopic (exact) mass is 298 g/mol. The maximum atomic E-state index is 12.9. The predicted molar refractivity (Wildman–Crippen MR) is 77.3 cm³/mol. The number of benzene rings is 1. The van der Waals surface area contributed by atoms with Gasteiger partial charge in [0.1, 0.15) is 5.82 Å². The first-order chi connectivity index (χ1) is 9.08. The second-order valence-electron chi connectivity index (χ2n) is 4.16. The van der Waals surface area contributed by atoms with Crippen molar-refractivity contribution < 1.29 is 4.39 Å². The van der Waals surface area contributed by atoms with Crippen molar-refractivity contribution >= 4 is 28.9 Å². The van der Waals surface area contributed by atoms with Gasteiger partial charge in [-0.15, -0.1) is 0 Å². The fourth-order valence-electron chi connectivity index (χ4n) is 1.82. The largest absolute Gasteiger partial charge is 0.377 e. The molecule has 0 aliphatic rings. The minimum Gasteiger partial charge on any atom is -0.377 e. The normalized spacial score (nSPS) is 12.2. The lowest BCUT2D eigenvalue weighted by molar-refractivity contribution is 0.614. The highest BCUT2D eigenvalue weighted by Gasteiger charge is 2.11. The number of anilines is 1. The number of pyridine rings is 1. The Morgan fingerprint density at radius 3 is 2.42 bits per heavy atom. The molecule has 2 aromatic rings. The van der Waals surface area contributed by atoms with Gasteiger partial charge in [0.2, 0.25) is 0 Å². The molecule has 0 saturated heterocycles. The topological polar surface area (TPSA) is 24.9 Å². The summed E-state index contributed by atoms with van der Waals surface area (Å²) in [5.41, 5.74) is 1.59. The fraction of sp³-hybridized carbons (Fsp3) is 0.214. The van der Waals surface area contributed by atoms with Gasteiger partial charge >= 0.3 is 0 Å². The molecule has 0 radical (unpaired) electrons. The molecule has 0 amide bonds. The van der Waals surface area contributed by atoms with Crippen LogP contribution in [0.25, 0.3) is 0 Å². The highest BCUT2D eigenvalue weighted by Crippen LogP contribution is 2.26. The van der Waals surface area contributed by atoms with Gasteiger partial charge in [-0.1, -0.05) is 30.1 Å². The quantitative estimate of drug-likeness (QED) is 0.850. The molecule has 0 bridgehead atoms. The van der Waals surface area contributed by atoms with Crippen LogP contribution in [0.2, 0.25) is 10.0 Å². The van der Waals surface area contributed by atoms with E-state index in [2.05, 4.69) is 10.3 Å². The third kappa shape index (κ3) is 3.82. The Bertz CT molecular complexity index is 538. The van der Waals surface area contributed by atoms with E-state index in [1.807, 2.05) is 6.92 Å². The molecular formula is C14H13Cl2FN2. The van der Waals surface area contributed by atoms with Crippen molar-refractivity contribution in [1.29, 1.82) is 0 Å². The number of halogens is 3. The Hall–Kier alpha value is -1.32. The highest BCUT2D eigenvalue weighted by molar-refractivity contribution is 6.35. The number of aromatic nitrogens is 1. The molecular weight excluding hydrogens is 286 g/mol. The minimum atomic E-state index is -0.343. The Balaban J connectivity index is 2.21. The summed E-state index contributed by atoms with van der Waals surface area (Å²) in [5, 5.41) is 4.43. The maximum absolute atomic E-state index is 12.9. The summed E-state index contributed by atoms with van der Waals surface area (Å²) < 4.78 is 12.9. The molecule has 0 saturated carbocycles. The molecule has 0 spiro atoms. The SMILES string of the molecule is CCC(Nc1cc(Cl)cc(Cl)c1)c1ccc(F)cn1. The first-order valence-corrected chi connectivity index (χ1v) is 6.68. The van der Waals surface area contributed by atoms with Crippen LogP contribution in [0.3, 0.4) is 0 Å². The van der Waals surface area contributed by atoms with Crippen molar-refractivity contribution in [3.63, 3.8) is 0 Å². The molecule has 2 nitrogen and oxygen atoms in total. The Labute approximate surface area is 121 Å². The molecule has 100 valence electrons. The van der Waals surface area contributed by atoms with Crippen molar-refractivity contribution in [3.05, 3.63) is 58.1 Å². The summed E-state index contributed by atoms with van der Waals surface area (Å²) in [5.74, 6) is -0.343. The molecule has 0 aliphatic heterocycles. The van der Waals surface area contributed by atoms with Crippen LogP contribution in [-0.2, 0) is 0 Å². The smallest absolute Gasteiger partial charge is 0.141 e. The first kappa shape index (κ1) is 14.1. The van der Waals surface area contributed by atoms with Gasteiger partial charge in [0.25, 0.3) is 0 Å². The molecule has 1 aromatic carbocycles. The second-order valence-corrected chi connectivity index (χ2v) is 5.04. The van der Waals surface area contributed by atoms with Crippen LogP contribution in [0.1, 0.15) is 25.1 Å². The van der Waals surface area contributed by atoms with Crippen LogP contribution < -0.4 is 5.32 Å². The fourth-order valence-corrected chi connectivity index (χ4v) is 2.34. The van der Waals surface area contributed by atoms with Gasteiger partial charge in [0.15, 0.2) is 0 Å². The van der Waals surface area contributed by atoms with E-state index in [0.29, 0.717) is 10.0 Å². The Morgan fingerprint density at radius 2 is 1.89 bits per heavy atom. The molecule has 1 unspecified atom stereocenters. The highest BCUT2D eigenvalue weighted by atomic mass is 35.5. The molecule has 2 rings (SSSR count). The van der Waals surface area contributed by atoms with E-state index in [0.717, 1.165) is 17.8 Å². The van der Waals surface area contributed by atoms with E-state index in [4.69, 9.17) is 23.2 Å². The standard InChI is InChI=1S/C14H13Cl2FN2/c1-2-13(14-4-3-11(17)8-18-14)19-12-6-9(15)5-10(16)7-12/h3-8,13,19H,2H2,1H3. The third-order valence-electron chi connectivity index (χ3n) is 2.72. The van der Waals surface area contributed by atoms with Crippen molar-refractivity contribution in [1.82, 2.24) is 4.98 Å². The lowest BCUT2D eigenvalue weighted by Gasteiger charge is -2.18. The van der Waals surface area contributed by atoms with E-state index in [-0.39, 0.29) is 11.9 Å². The molecule has 1 aromatic heterocycles. The van der Waals surface area contributed by atoms with Gasteiger partial charge in [0, 0.05) is 15.7 Å². The van der Waals surface area contributed by atoms with Crippen LogP contribution in [0.4, 0.5) is 10.1 Å². The zero-order chi connectivity index (χ0) is 13.8. The molecule has 1 heterocycles. The minimum absolute atomic E-state index is 0.0184. The lowest BCUT2D eigenvalue weighted by Crippen LogP contribution is -2.11. The van der Waals surface area contributed by atoms with Crippen molar-refractivity contribution in [2.45, 2.75) is 19.4 Å². The molecule has 1 atom stereocenters. The number of nitrogens with one attached hydrogen (secondary N) is 1. The Morgan fingerprint density at radius 1 is 1.21 bits per heavy atom. The maximum Gasteiger partial charge on any atom is 0.141 e. The number of nitrogens with zero attached hydrogens (tertiary/aromatic N) is 1. The van der Waals surface area contributed by atoms with Crippen LogP contribution >= 0.6 is 23.2 Å².